The topological polar surface area (TPSA) is 47.3 Å². The lowest BCUT2D eigenvalue weighted by Crippen LogP contribution is -2.24. The molecule has 0 spiro atoms. The molecular weight excluding hydrogens is 272 g/mol. The summed E-state index contributed by atoms with van der Waals surface area (Å²) < 4.78 is 8.57. The maximum absolute atomic E-state index is 9.67. The van der Waals surface area contributed by atoms with Crippen LogP contribution in [0.3, 0.4) is 0 Å². The Balaban J connectivity index is 1.97. The summed E-state index contributed by atoms with van der Waals surface area (Å²) in [6.45, 7) is 2.50. The molecule has 3 heterocycles. The molecule has 0 aromatic carbocycles. The lowest BCUT2D eigenvalue weighted by molar-refractivity contribution is 0.142. The monoisotopic (exact) mass is 286 g/mol. The molecule has 16 heavy (non-hydrogen) atoms. The van der Waals surface area contributed by atoms with E-state index in [1.54, 1.807) is 0 Å². The predicted octanol–water partition coefficient (Wildman–Crippen LogP) is 1.46. The highest BCUT2D eigenvalue weighted by Crippen LogP contribution is 2.31. The van der Waals surface area contributed by atoms with Gasteiger partial charge in [0.15, 0.2) is 0 Å². The van der Waals surface area contributed by atoms with E-state index in [0.29, 0.717) is 12.3 Å². The number of aromatic nitrogens is 2. The fraction of sp³-hybridized carbons (Fsp3) is 0.727. The van der Waals surface area contributed by atoms with Gasteiger partial charge in [-0.3, -0.25) is 0 Å². The minimum Gasteiger partial charge on any atom is -0.393 e. The Morgan fingerprint density at radius 3 is 3.06 bits per heavy atom. The molecule has 4 nitrogen and oxygen atoms in total. The molecule has 0 aliphatic carbocycles. The number of fused-ring (bicyclic) bond motifs is 1. The van der Waals surface area contributed by atoms with Gasteiger partial charge >= 0.3 is 0 Å². The summed E-state index contributed by atoms with van der Waals surface area (Å²) in [6, 6.07) is 0. The van der Waals surface area contributed by atoms with Gasteiger partial charge in [-0.25, -0.2) is 4.98 Å². The summed E-state index contributed by atoms with van der Waals surface area (Å²) in [7, 11) is 0. The first-order chi connectivity index (χ1) is 7.75. The van der Waals surface area contributed by atoms with Crippen LogP contribution in [0.15, 0.2) is 4.60 Å². The first-order valence-electron chi connectivity index (χ1n) is 5.76. The van der Waals surface area contributed by atoms with E-state index in [0.717, 1.165) is 48.7 Å². The van der Waals surface area contributed by atoms with Crippen LogP contribution >= 0.6 is 15.9 Å². The van der Waals surface area contributed by atoms with Crippen LogP contribution in [0.25, 0.3) is 0 Å². The minimum atomic E-state index is -0.215. The van der Waals surface area contributed by atoms with Crippen molar-refractivity contribution in [3.05, 3.63) is 16.1 Å². The molecule has 1 saturated heterocycles. The van der Waals surface area contributed by atoms with Gasteiger partial charge < -0.3 is 14.4 Å². The fourth-order valence-corrected chi connectivity index (χ4v) is 3.13. The Morgan fingerprint density at radius 2 is 2.31 bits per heavy atom. The van der Waals surface area contributed by atoms with E-state index in [1.165, 1.54) is 0 Å². The number of nitrogens with zero attached hydrogens (tertiary/aromatic N) is 2. The second-order valence-electron chi connectivity index (χ2n) is 4.57. The van der Waals surface area contributed by atoms with Crippen LogP contribution in [0, 0.1) is 0 Å². The number of hydrogen-bond donors (Lipinski definition) is 1. The lowest BCUT2D eigenvalue weighted by atomic mass is 10.1. The Labute approximate surface area is 103 Å². The zero-order chi connectivity index (χ0) is 11.1. The van der Waals surface area contributed by atoms with Crippen LogP contribution in [-0.2, 0) is 17.7 Å². The molecule has 0 amide bonds. The zero-order valence-corrected chi connectivity index (χ0v) is 10.6. The van der Waals surface area contributed by atoms with E-state index in [4.69, 9.17) is 4.74 Å². The molecule has 2 atom stereocenters. The number of imidazole rings is 1. The molecular formula is C11H15BrN2O2. The number of rotatable bonds is 1. The van der Waals surface area contributed by atoms with Crippen LogP contribution in [0.5, 0.6) is 0 Å². The summed E-state index contributed by atoms with van der Waals surface area (Å²) in [4.78, 5) is 4.60. The van der Waals surface area contributed by atoms with E-state index in [9.17, 15) is 5.11 Å². The first kappa shape index (κ1) is 10.7. The van der Waals surface area contributed by atoms with Crippen LogP contribution in [0.4, 0.5) is 0 Å². The van der Waals surface area contributed by atoms with Gasteiger partial charge in [0.05, 0.1) is 18.4 Å². The molecule has 88 valence electrons. The van der Waals surface area contributed by atoms with E-state index in [1.807, 2.05) is 0 Å². The van der Waals surface area contributed by atoms with E-state index >= 15 is 0 Å². The molecule has 1 aromatic rings. The molecule has 0 bridgehead atoms. The Bertz CT molecular complexity index is 399. The standard InChI is InChI=1S/C11H15BrN2O2/c12-10-9-5-8(15)1-3-14(9)11(13-10)7-2-4-16-6-7/h7-8,15H,1-6H2. The molecule has 0 saturated carbocycles. The van der Waals surface area contributed by atoms with Gasteiger partial charge in [-0.1, -0.05) is 0 Å². The first-order valence-corrected chi connectivity index (χ1v) is 6.55. The average Bonchev–Trinajstić information content (AvgIpc) is 2.87. The Hall–Kier alpha value is -0.390. The van der Waals surface area contributed by atoms with Crippen molar-refractivity contribution >= 4 is 15.9 Å². The third-order valence-electron chi connectivity index (χ3n) is 3.46. The zero-order valence-electron chi connectivity index (χ0n) is 9.03. The van der Waals surface area contributed by atoms with Crippen molar-refractivity contribution < 1.29 is 9.84 Å². The van der Waals surface area contributed by atoms with Gasteiger partial charge in [0.2, 0.25) is 0 Å². The molecule has 2 aliphatic heterocycles. The van der Waals surface area contributed by atoms with Gasteiger partial charge in [0.1, 0.15) is 10.4 Å². The highest BCUT2D eigenvalue weighted by atomic mass is 79.9. The smallest absolute Gasteiger partial charge is 0.127 e. The SMILES string of the molecule is OC1CCn2c(C3CCOC3)nc(Br)c2C1. The lowest BCUT2D eigenvalue weighted by Gasteiger charge is -2.22. The largest absolute Gasteiger partial charge is 0.393 e. The summed E-state index contributed by atoms with van der Waals surface area (Å²) in [6.07, 6.45) is 2.39. The molecule has 5 heteroatoms. The van der Waals surface area contributed by atoms with Gasteiger partial charge in [-0.2, -0.15) is 0 Å². The van der Waals surface area contributed by atoms with Gasteiger partial charge in [-0.15, -0.1) is 0 Å². The van der Waals surface area contributed by atoms with Gasteiger partial charge in [-0.05, 0) is 28.8 Å². The van der Waals surface area contributed by atoms with Crippen molar-refractivity contribution in [3.8, 4) is 0 Å². The van der Waals surface area contributed by atoms with Crippen molar-refractivity contribution in [2.45, 2.75) is 37.8 Å². The van der Waals surface area contributed by atoms with Crippen molar-refractivity contribution in [2.24, 2.45) is 0 Å². The maximum atomic E-state index is 9.67. The second-order valence-corrected chi connectivity index (χ2v) is 5.32. The minimum absolute atomic E-state index is 0.215. The number of aliphatic hydroxyl groups excluding tert-OH is 1. The van der Waals surface area contributed by atoms with Crippen LogP contribution in [-0.4, -0.2) is 34.0 Å². The normalized spacial score (nSPS) is 29.4. The summed E-state index contributed by atoms with van der Waals surface area (Å²) in [5, 5.41) is 9.67. The van der Waals surface area contributed by atoms with E-state index < -0.39 is 0 Å². The number of halogens is 1. The summed E-state index contributed by atoms with van der Waals surface area (Å²) in [5.41, 5.74) is 1.14. The van der Waals surface area contributed by atoms with Crippen LogP contribution in [0.1, 0.15) is 30.3 Å². The maximum Gasteiger partial charge on any atom is 0.127 e. The van der Waals surface area contributed by atoms with Crippen molar-refractivity contribution in [3.63, 3.8) is 0 Å². The Kier molecular flexibility index (Phi) is 2.77. The second kappa shape index (κ2) is 4.13. The van der Waals surface area contributed by atoms with Gasteiger partial charge in [0.25, 0.3) is 0 Å². The molecule has 1 N–H and O–H groups in total. The third kappa shape index (κ3) is 1.71. The van der Waals surface area contributed by atoms with Crippen molar-refractivity contribution in [1.82, 2.24) is 9.55 Å². The molecule has 1 aromatic heterocycles. The van der Waals surface area contributed by atoms with Crippen molar-refractivity contribution in [1.29, 1.82) is 0 Å². The van der Waals surface area contributed by atoms with Crippen LogP contribution in [0.2, 0.25) is 0 Å². The molecule has 2 unspecified atom stereocenters. The predicted molar refractivity (Wildman–Crippen MR) is 62.4 cm³/mol. The summed E-state index contributed by atoms with van der Waals surface area (Å²) in [5.74, 6) is 1.56. The van der Waals surface area contributed by atoms with E-state index in [2.05, 4.69) is 25.5 Å². The highest BCUT2D eigenvalue weighted by molar-refractivity contribution is 9.10. The summed E-state index contributed by atoms with van der Waals surface area (Å²) >= 11 is 3.49. The third-order valence-corrected chi connectivity index (χ3v) is 4.10. The van der Waals surface area contributed by atoms with Gasteiger partial charge in [0, 0.05) is 25.5 Å². The molecule has 0 radical (unpaired) electrons. The van der Waals surface area contributed by atoms with E-state index in [-0.39, 0.29) is 6.10 Å². The fourth-order valence-electron chi connectivity index (χ4n) is 2.57. The molecule has 2 aliphatic rings. The Morgan fingerprint density at radius 1 is 1.44 bits per heavy atom. The quantitative estimate of drug-likeness (QED) is 0.850. The highest BCUT2D eigenvalue weighted by Gasteiger charge is 2.29. The van der Waals surface area contributed by atoms with Crippen molar-refractivity contribution in [2.75, 3.05) is 13.2 Å². The number of aliphatic hydroxyl groups is 1. The number of hydrogen-bond acceptors (Lipinski definition) is 3. The number of ether oxygens (including phenoxy) is 1. The molecule has 3 rings (SSSR count). The average molecular weight is 287 g/mol. The van der Waals surface area contributed by atoms with Crippen LogP contribution < -0.4 is 0 Å². The molecule has 1 fully saturated rings.